The molecule has 1 atom stereocenters. The van der Waals surface area contributed by atoms with Crippen LogP contribution in [0.15, 0.2) is 36.5 Å². The molecular weight excluding hydrogens is 277 g/mol. The van der Waals surface area contributed by atoms with Crippen LogP contribution in [0.4, 0.5) is 13.2 Å². The average Bonchev–Trinajstić information content (AvgIpc) is 2.87. The fourth-order valence-electron chi connectivity index (χ4n) is 1.37. The Hall–Kier alpha value is -1.60. The lowest BCUT2D eigenvalue weighted by Gasteiger charge is -2.11. The molecule has 7 heteroatoms. The summed E-state index contributed by atoms with van der Waals surface area (Å²) in [6.07, 6.45) is -3.28. The highest BCUT2D eigenvalue weighted by Crippen LogP contribution is 2.33. The van der Waals surface area contributed by atoms with E-state index < -0.39 is 17.2 Å². The van der Waals surface area contributed by atoms with Crippen molar-refractivity contribution < 1.29 is 17.9 Å². The lowest BCUT2D eigenvalue weighted by molar-refractivity contribution is -0.137. The molecule has 1 heterocycles. The quantitative estimate of drug-likeness (QED) is 0.939. The molecule has 0 amide bonds. The maximum absolute atomic E-state index is 12.4. The summed E-state index contributed by atoms with van der Waals surface area (Å²) in [6, 6.07) is 8.31. The molecule has 0 spiro atoms. The predicted molar refractivity (Wildman–Crippen MR) is 66.0 cm³/mol. The van der Waals surface area contributed by atoms with Gasteiger partial charge in [0.15, 0.2) is 5.01 Å². The first kappa shape index (κ1) is 13.8. The number of rotatable bonds is 4. The lowest BCUT2D eigenvalue weighted by Crippen LogP contribution is -2.17. The van der Waals surface area contributed by atoms with Gasteiger partial charge in [-0.05, 0) is 12.1 Å². The predicted octanol–water partition coefficient (Wildman–Crippen LogP) is 3.24. The summed E-state index contributed by atoms with van der Waals surface area (Å²) in [6.45, 7) is 0.101. The van der Waals surface area contributed by atoms with E-state index in [1.165, 1.54) is 0 Å². The molecule has 1 aromatic heterocycles. The number of halogens is 3. The number of aromatic nitrogens is 1. The van der Waals surface area contributed by atoms with Crippen molar-refractivity contribution in [2.45, 2.75) is 12.2 Å². The van der Waals surface area contributed by atoms with E-state index in [2.05, 4.69) is 4.98 Å². The van der Waals surface area contributed by atoms with Crippen LogP contribution in [0.2, 0.25) is 0 Å². The molecule has 0 aliphatic carbocycles. The van der Waals surface area contributed by atoms with E-state index in [1.807, 2.05) is 6.07 Å². The van der Waals surface area contributed by atoms with Crippen molar-refractivity contribution in [2.24, 2.45) is 5.73 Å². The lowest BCUT2D eigenvalue weighted by atomic mass is 10.3. The van der Waals surface area contributed by atoms with Gasteiger partial charge in [-0.25, -0.2) is 4.98 Å². The minimum absolute atomic E-state index is 0.101. The summed E-state index contributed by atoms with van der Waals surface area (Å²) in [7, 11) is 0. The summed E-state index contributed by atoms with van der Waals surface area (Å²) in [4.78, 5) is 3.67. The summed E-state index contributed by atoms with van der Waals surface area (Å²) >= 11 is 0.542. The Morgan fingerprint density at radius 2 is 1.95 bits per heavy atom. The zero-order valence-corrected chi connectivity index (χ0v) is 10.5. The Morgan fingerprint density at radius 1 is 1.26 bits per heavy atom. The Labute approximate surface area is 111 Å². The number of thiazole rings is 1. The van der Waals surface area contributed by atoms with Gasteiger partial charge in [0.1, 0.15) is 12.4 Å². The number of alkyl halides is 3. The van der Waals surface area contributed by atoms with Gasteiger partial charge in [0.2, 0.25) is 0 Å². The topological polar surface area (TPSA) is 48.1 Å². The second-order valence-corrected chi connectivity index (χ2v) is 4.86. The highest BCUT2D eigenvalue weighted by atomic mass is 32.1. The van der Waals surface area contributed by atoms with E-state index in [4.69, 9.17) is 10.5 Å². The third kappa shape index (κ3) is 3.68. The summed E-state index contributed by atoms with van der Waals surface area (Å²) in [5.41, 5.74) is 5.78. The van der Waals surface area contributed by atoms with Crippen molar-refractivity contribution in [3.8, 4) is 5.75 Å². The second kappa shape index (κ2) is 5.58. The average molecular weight is 288 g/mol. The largest absolute Gasteiger partial charge is 0.492 e. The van der Waals surface area contributed by atoms with Crippen LogP contribution in [0.3, 0.4) is 0 Å². The molecule has 0 saturated heterocycles. The van der Waals surface area contributed by atoms with Gasteiger partial charge < -0.3 is 10.5 Å². The maximum Gasteiger partial charge on any atom is 0.443 e. The monoisotopic (exact) mass is 288 g/mol. The van der Waals surface area contributed by atoms with Crippen molar-refractivity contribution in [3.05, 3.63) is 46.4 Å². The van der Waals surface area contributed by atoms with Crippen LogP contribution in [0.5, 0.6) is 5.75 Å². The minimum atomic E-state index is -4.43. The van der Waals surface area contributed by atoms with E-state index in [9.17, 15) is 13.2 Å². The van der Waals surface area contributed by atoms with E-state index in [0.29, 0.717) is 22.0 Å². The first-order valence-corrected chi connectivity index (χ1v) is 6.25. The highest BCUT2D eigenvalue weighted by Gasteiger charge is 2.35. The van der Waals surface area contributed by atoms with Crippen LogP contribution in [-0.2, 0) is 6.18 Å². The molecule has 2 N–H and O–H groups in total. The minimum Gasteiger partial charge on any atom is -0.492 e. The standard InChI is InChI=1S/C12H11F3N2OS/c13-12(14,15)11-17-6-10(19-11)9(16)7-18-8-4-2-1-3-5-8/h1-6,9H,7,16H2. The molecule has 0 aliphatic heterocycles. The first-order valence-electron chi connectivity index (χ1n) is 5.43. The van der Waals surface area contributed by atoms with Crippen molar-refractivity contribution in [1.82, 2.24) is 4.98 Å². The zero-order chi connectivity index (χ0) is 13.9. The van der Waals surface area contributed by atoms with Crippen molar-refractivity contribution in [3.63, 3.8) is 0 Å². The van der Waals surface area contributed by atoms with Crippen molar-refractivity contribution in [2.75, 3.05) is 6.61 Å². The highest BCUT2D eigenvalue weighted by molar-refractivity contribution is 7.11. The van der Waals surface area contributed by atoms with Gasteiger partial charge >= 0.3 is 6.18 Å². The van der Waals surface area contributed by atoms with Crippen molar-refractivity contribution in [1.29, 1.82) is 0 Å². The Bertz CT molecular complexity index is 527. The summed E-state index contributed by atoms with van der Waals surface area (Å²) in [5, 5.41) is -0.891. The first-order chi connectivity index (χ1) is 8.97. The maximum atomic E-state index is 12.4. The van der Waals surface area contributed by atoms with Crippen LogP contribution in [0.25, 0.3) is 0 Å². The van der Waals surface area contributed by atoms with E-state index in [-0.39, 0.29) is 6.61 Å². The van der Waals surface area contributed by atoms with Gasteiger partial charge in [-0.2, -0.15) is 13.2 Å². The molecule has 2 rings (SSSR count). The van der Waals surface area contributed by atoms with Crippen LogP contribution in [0.1, 0.15) is 15.9 Å². The Kier molecular flexibility index (Phi) is 4.06. The molecule has 1 unspecified atom stereocenters. The third-order valence-electron chi connectivity index (χ3n) is 2.30. The van der Waals surface area contributed by atoms with Crippen molar-refractivity contribution >= 4 is 11.3 Å². The van der Waals surface area contributed by atoms with E-state index in [1.54, 1.807) is 24.3 Å². The van der Waals surface area contributed by atoms with Gasteiger partial charge in [-0.15, -0.1) is 11.3 Å². The molecule has 0 radical (unpaired) electrons. The SMILES string of the molecule is NC(COc1ccccc1)c1cnc(C(F)(F)F)s1. The van der Waals surface area contributed by atoms with Gasteiger partial charge in [-0.1, -0.05) is 18.2 Å². The Morgan fingerprint density at radius 3 is 2.53 bits per heavy atom. The number of nitrogens with two attached hydrogens (primary N) is 1. The molecule has 0 fully saturated rings. The smallest absolute Gasteiger partial charge is 0.443 e. The van der Waals surface area contributed by atoms with Gasteiger partial charge in [0.25, 0.3) is 0 Å². The number of hydrogen-bond acceptors (Lipinski definition) is 4. The van der Waals surface area contributed by atoms with E-state index >= 15 is 0 Å². The number of para-hydroxylation sites is 1. The fourth-order valence-corrected chi connectivity index (χ4v) is 2.14. The van der Waals surface area contributed by atoms with Crippen LogP contribution < -0.4 is 10.5 Å². The van der Waals surface area contributed by atoms with Gasteiger partial charge in [-0.3, -0.25) is 0 Å². The van der Waals surface area contributed by atoms with Crippen LogP contribution in [-0.4, -0.2) is 11.6 Å². The summed E-state index contributed by atoms with van der Waals surface area (Å²) < 4.78 is 42.6. The number of hydrogen-bond donors (Lipinski definition) is 1. The zero-order valence-electron chi connectivity index (χ0n) is 9.72. The number of benzene rings is 1. The molecule has 0 bridgehead atoms. The second-order valence-electron chi connectivity index (χ2n) is 3.80. The molecular formula is C12H11F3N2OS. The molecule has 0 saturated carbocycles. The molecule has 102 valence electrons. The summed E-state index contributed by atoms with van der Waals surface area (Å²) in [5.74, 6) is 0.624. The van der Waals surface area contributed by atoms with Crippen LogP contribution in [0, 0.1) is 0 Å². The molecule has 0 aliphatic rings. The number of ether oxygens (including phenoxy) is 1. The van der Waals surface area contributed by atoms with Crippen LogP contribution >= 0.6 is 11.3 Å². The van der Waals surface area contributed by atoms with Gasteiger partial charge in [0.05, 0.1) is 6.04 Å². The Balaban J connectivity index is 1.97. The number of nitrogens with zero attached hydrogens (tertiary/aromatic N) is 1. The third-order valence-corrected chi connectivity index (χ3v) is 3.48. The molecule has 19 heavy (non-hydrogen) atoms. The fraction of sp³-hybridized carbons (Fsp3) is 0.250. The molecule has 3 nitrogen and oxygen atoms in total. The van der Waals surface area contributed by atoms with E-state index in [0.717, 1.165) is 6.20 Å². The van der Waals surface area contributed by atoms with Gasteiger partial charge in [0, 0.05) is 11.1 Å². The molecule has 2 aromatic rings. The molecule has 1 aromatic carbocycles. The normalized spacial score (nSPS) is 13.3.